The van der Waals surface area contributed by atoms with E-state index in [2.05, 4.69) is 10.6 Å². The van der Waals surface area contributed by atoms with Gasteiger partial charge in [-0.2, -0.15) is 0 Å². The molecule has 0 radical (unpaired) electrons. The molecule has 1 rings (SSSR count). The molecule has 104 valence electrons. The van der Waals surface area contributed by atoms with E-state index in [1.54, 1.807) is 0 Å². The lowest BCUT2D eigenvalue weighted by Gasteiger charge is -2.16. The summed E-state index contributed by atoms with van der Waals surface area (Å²) in [6.07, 6.45) is 3.35. The minimum absolute atomic E-state index is 0.0419. The van der Waals surface area contributed by atoms with Crippen molar-refractivity contribution in [3.63, 3.8) is 0 Å². The van der Waals surface area contributed by atoms with Crippen LogP contribution in [0.4, 0.5) is 4.79 Å². The molecule has 0 aromatic heterocycles. The zero-order valence-corrected chi connectivity index (χ0v) is 10.9. The average Bonchev–Trinajstić information content (AvgIpc) is 2.72. The Kier molecular flexibility index (Phi) is 5.91. The number of hydrogen-bond donors (Lipinski definition) is 3. The topological polar surface area (TPSA) is 87.7 Å². The third-order valence-corrected chi connectivity index (χ3v) is 2.99. The summed E-state index contributed by atoms with van der Waals surface area (Å²) in [5.74, 6) is -1.00. The molecular formula is C12H22N2O4. The number of aliphatic carboxylic acids is 1. The van der Waals surface area contributed by atoms with Gasteiger partial charge in [0.05, 0.1) is 12.2 Å². The number of nitrogens with one attached hydrogen (secondary N) is 2. The summed E-state index contributed by atoms with van der Waals surface area (Å²) < 4.78 is 5.55. The van der Waals surface area contributed by atoms with Gasteiger partial charge in [0.2, 0.25) is 0 Å². The van der Waals surface area contributed by atoms with Crippen LogP contribution in [-0.4, -0.2) is 41.9 Å². The van der Waals surface area contributed by atoms with E-state index in [-0.39, 0.29) is 12.2 Å². The number of carboxylic acids is 1. The summed E-state index contributed by atoms with van der Waals surface area (Å²) in [5, 5.41) is 14.0. The number of hydrogen-bond acceptors (Lipinski definition) is 3. The monoisotopic (exact) mass is 258 g/mol. The van der Waals surface area contributed by atoms with Crippen molar-refractivity contribution in [1.29, 1.82) is 0 Å². The van der Waals surface area contributed by atoms with Gasteiger partial charge in [-0.05, 0) is 26.2 Å². The van der Waals surface area contributed by atoms with E-state index >= 15 is 0 Å². The smallest absolute Gasteiger partial charge is 0.326 e. The molecular weight excluding hydrogens is 236 g/mol. The van der Waals surface area contributed by atoms with E-state index in [1.165, 1.54) is 0 Å². The van der Waals surface area contributed by atoms with Crippen molar-refractivity contribution in [3.8, 4) is 0 Å². The van der Waals surface area contributed by atoms with E-state index in [4.69, 9.17) is 9.84 Å². The number of carbonyl (C=O) groups is 2. The van der Waals surface area contributed by atoms with Crippen LogP contribution in [0.5, 0.6) is 0 Å². The van der Waals surface area contributed by atoms with Gasteiger partial charge in [0, 0.05) is 6.54 Å². The average molecular weight is 258 g/mol. The van der Waals surface area contributed by atoms with Crippen molar-refractivity contribution in [3.05, 3.63) is 0 Å². The van der Waals surface area contributed by atoms with Crippen LogP contribution in [0.1, 0.15) is 39.5 Å². The maximum atomic E-state index is 11.5. The molecule has 6 nitrogen and oxygen atoms in total. The summed E-state index contributed by atoms with van der Waals surface area (Å²) >= 11 is 0. The van der Waals surface area contributed by atoms with Gasteiger partial charge < -0.3 is 20.5 Å². The SMILES string of the molecule is CCCC(NC(=O)NCC1CCC(C)O1)C(=O)O. The van der Waals surface area contributed by atoms with Crippen LogP contribution >= 0.6 is 0 Å². The highest BCUT2D eigenvalue weighted by Crippen LogP contribution is 2.17. The highest BCUT2D eigenvalue weighted by Gasteiger charge is 2.23. The normalized spacial score (nSPS) is 24.6. The summed E-state index contributed by atoms with van der Waals surface area (Å²) in [4.78, 5) is 22.4. The van der Waals surface area contributed by atoms with Crippen molar-refractivity contribution >= 4 is 12.0 Å². The van der Waals surface area contributed by atoms with Crippen molar-refractivity contribution in [2.24, 2.45) is 0 Å². The standard InChI is InChI=1S/C12H22N2O4/c1-3-4-10(11(15)16)14-12(17)13-7-9-6-5-8(2)18-9/h8-10H,3-7H2,1-2H3,(H,15,16)(H2,13,14,17). The number of ether oxygens (including phenoxy) is 1. The van der Waals surface area contributed by atoms with Gasteiger partial charge in [-0.15, -0.1) is 0 Å². The Morgan fingerprint density at radius 2 is 2.17 bits per heavy atom. The first kappa shape index (κ1) is 14.8. The molecule has 3 atom stereocenters. The number of urea groups is 1. The van der Waals surface area contributed by atoms with Gasteiger partial charge in [0.15, 0.2) is 0 Å². The van der Waals surface area contributed by atoms with E-state index in [0.717, 1.165) is 12.8 Å². The summed E-state index contributed by atoms with van der Waals surface area (Å²) in [6.45, 7) is 4.31. The molecule has 6 heteroatoms. The van der Waals surface area contributed by atoms with E-state index in [9.17, 15) is 9.59 Å². The largest absolute Gasteiger partial charge is 0.480 e. The molecule has 0 aromatic carbocycles. The van der Waals surface area contributed by atoms with Crippen LogP contribution in [0.15, 0.2) is 0 Å². The Morgan fingerprint density at radius 1 is 1.44 bits per heavy atom. The molecule has 0 aliphatic carbocycles. The van der Waals surface area contributed by atoms with E-state index in [0.29, 0.717) is 19.4 Å². The lowest BCUT2D eigenvalue weighted by Crippen LogP contribution is -2.47. The first-order valence-electron chi connectivity index (χ1n) is 6.45. The lowest BCUT2D eigenvalue weighted by molar-refractivity contribution is -0.139. The summed E-state index contributed by atoms with van der Waals surface area (Å²) in [6, 6.07) is -1.27. The fraction of sp³-hybridized carbons (Fsp3) is 0.833. The Hall–Kier alpha value is -1.30. The predicted molar refractivity (Wildman–Crippen MR) is 66.4 cm³/mol. The molecule has 0 bridgehead atoms. The van der Waals surface area contributed by atoms with Gasteiger partial charge in [-0.25, -0.2) is 9.59 Å². The fourth-order valence-corrected chi connectivity index (χ4v) is 2.00. The number of carboxylic acid groups (broad SMARTS) is 1. The van der Waals surface area contributed by atoms with Gasteiger partial charge in [-0.3, -0.25) is 0 Å². The molecule has 0 aromatic rings. The highest BCUT2D eigenvalue weighted by atomic mass is 16.5. The third-order valence-electron chi connectivity index (χ3n) is 2.99. The molecule has 1 aliphatic heterocycles. The molecule has 3 unspecified atom stereocenters. The number of carbonyl (C=O) groups excluding carboxylic acids is 1. The molecule has 1 heterocycles. The first-order valence-corrected chi connectivity index (χ1v) is 6.45. The van der Waals surface area contributed by atoms with Gasteiger partial charge in [0.25, 0.3) is 0 Å². The van der Waals surface area contributed by atoms with Crippen LogP contribution in [0.3, 0.4) is 0 Å². The first-order chi connectivity index (χ1) is 8.52. The molecule has 1 aliphatic rings. The second-order valence-corrected chi connectivity index (χ2v) is 4.68. The summed E-state index contributed by atoms with van der Waals surface area (Å²) in [7, 11) is 0. The second-order valence-electron chi connectivity index (χ2n) is 4.68. The molecule has 18 heavy (non-hydrogen) atoms. The molecule has 0 saturated carbocycles. The summed E-state index contributed by atoms with van der Waals surface area (Å²) in [5.41, 5.74) is 0. The maximum absolute atomic E-state index is 11.5. The Bertz CT molecular complexity index is 296. The van der Waals surface area contributed by atoms with Crippen molar-refractivity contribution in [1.82, 2.24) is 10.6 Å². The van der Waals surface area contributed by atoms with Gasteiger partial charge >= 0.3 is 12.0 Å². The maximum Gasteiger partial charge on any atom is 0.326 e. The molecule has 1 saturated heterocycles. The third kappa shape index (κ3) is 4.91. The Balaban J connectivity index is 2.25. The molecule has 0 spiro atoms. The lowest BCUT2D eigenvalue weighted by atomic mass is 10.2. The fourth-order valence-electron chi connectivity index (χ4n) is 2.00. The van der Waals surface area contributed by atoms with Crippen LogP contribution < -0.4 is 10.6 Å². The van der Waals surface area contributed by atoms with E-state index < -0.39 is 18.0 Å². The Morgan fingerprint density at radius 3 is 2.67 bits per heavy atom. The van der Waals surface area contributed by atoms with Crippen molar-refractivity contribution < 1.29 is 19.4 Å². The van der Waals surface area contributed by atoms with Crippen molar-refractivity contribution in [2.45, 2.75) is 57.8 Å². The Labute approximate surface area is 107 Å². The van der Waals surface area contributed by atoms with Crippen LogP contribution in [0.25, 0.3) is 0 Å². The minimum Gasteiger partial charge on any atom is -0.480 e. The van der Waals surface area contributed by atoms with E-state index in [1.807, 2.05) is 13.8 Å². The zero-order valence-electron chi connectivity index (χ0n) is 10.9. The molecule has 3 N–H and O–H groups in total. The molecule has 1 fully saturated rings. The second kappa shape index (κ2) is 7.20. The number of amides is 2. The van der Waals surface area contributed by atoms with Crippen LogP contribution in [0.2, 0.25) is 0 Å². The number of rotatable bonds is 6. The van der Waals surface area contributed by atoms with Crippen LogP contribution in [0, 0.1) is 0 Å². The van der Waals surface area contributed by atoms with Gasteiger partial charge in [-0.1, -0.05) is 13.3 Å². The van der Waals surface area contributed by atoms with Crippen molar-refractivity contribution in [2.75, 3.05) is 6.54 Å². The molecule has 2 amide bonds. The highest BCUT2D eigenvalue weighted by molar-refractivity contribution is 5.82. The quantitative estimate of drug-likeness (QED) is 0.666. The zero-order chi connectivity index (χ0) is 13.5. The minimum atomic E-state index is -1.00. The van der Waals surface area contributed by atoms with Gasteiger partial charge in [0.1, 0.15) is 6.04 Å². The predicted octanol–water partition coefficient (Wildman–Crippen LogP) is 1.11. The van der Waals surface area contributed by atoms with Crippen LogP contribution in [-0.2, 0) is 9.53 Å².